The average Bonchev–Trinajstić information content (AvgIpc) is 2.46. The van der Waals surface area contributed by atoms with Gasteiger partial charge < -0.3 is 15.7 Å². The van der Waals surface area contributed by atoms with E-state index in [1.807, 2.05) is 35.2 Å². The number of carbonyl (C=O) groups is 1. The molecule has 5 nitrogen and oxygen atoms in total. The number of benzene rings is 1. The number of halogens is 1. The second-order valence-corrected chi connectivity index (χ2v) is 5.51. The predicted molar refractivity (Wildman–Crippen MR) is 86.1 cm³/mol. The molecule has 21 heavy (non-hydrogen) atoms. The van der Waals surface area contributed by atoms with Crippen molar-refractivity contribution in [2.45, 2.75) is 13.0 Å². The summed E-state index contributed by atoms with van der Waals surface area (Å²) in [6, 6.07) is 11.2. The molecular formula is C15H16BrN3O2. The third-order valence-electron chi connectivity index (χ3n) is 3.01. The topological polar surface area (TPSA) is 79.5 Å². The summed E-state index contributed by atoms with van der Waals surface area (Å²) in [5.41, 5.74) is 8.29. The summed E-state index contributed by atoms with van der Waals surface area (Å²) < 4.78 is 0.905. The molecule has 0 aliphatic carbocycles. The second-order valence-electron chi connectivity index (χ2n) is 4.59. The Morgan fingerprint density at radius 3 is 2.67 bits per heavy atom. The van der Waals surface area contributed by atoms with Crippen LogP contribution in [0.3, 0.4) is 0 Å². The molecule has 1 heterocycles. The molecule has 1 aromatic carbocycles. The Bertz CT molecular complexity index is 617. The van der Waals surface area contributed by atoms with Gasteiger partial charge in [-0.1, -0.05) is 12.1 Å². The van der Waals surface area contributed by atoms with Crippen LogP contribution in [0.15, 0.2) is 47.1 Å². The highest BCUT2D eigenvalue weighted by Gasteiger charge is 2.12. The normalized spacial score (nSPS) is 10.3. The smallest absolute Gasteiger partial charge is 0.305 e. The molecule has 0 atom stereocenters. The van der Waals surface area contributed by atoms with Crippen LogP contribution < -0.4 is 10.6 Å². The predicted octanol–water partition coefficient (Wildman–Crippen LogP) is 2.91. The van der Waals surface area contributed by atoms with E-state index >= 15 is 0 Å². The number of nitrogens with two attached hydrogens (primary N) is 1. The number of para-hydroxylation sites is 2. The van der Waals surface area contributed by atoms with Gasteiger partial charge in [-0.2, -0.15) is 0 Å². The molecule has 0 aliphatic rings. The quantitative estimate of drug-likeness (QED) is 0.783. The number of carboxylic acids is 1. The minimum Gasteiger partial charge on any atom is -0.481 e. The van der Waals surface area contributed by atoms with Crippen molar-refractivity contribution in [2.75, 3.05) is 17.2 Å². The number of pyridine rings is 1. The number of carboxylic acid groups (broad SMARTS) is 1. The molecule has 2 rings (SSSR count). The van der Waals surface area contributed by atoms with Crippen molar-refractivity contribution in [3.63, 3.8) is 0 Å². The van der Waals surface area contributed by atoms with Crippen molar-refractivity contribution in [1.29, 1.82) is 0 Å². The molecule has 0 bridgehead atoms. The van der Waals surface area contributed by atoms with Gasteiger partial charge >= 0.3 is 5.97 Å². The molecule has 0 unspecified atom stereocenters. The van der Waals surface area contributed by atoms with Crippen LogP contribution in [0.25, 0.3) is 0 Å². The van der Waals surface area contributed by atoms with Gasteiger partial charge in [-0.25, -0.2) is 0 Å². The fourth-order valence-corrected chi connectivity index (χ4v) is 2.22. The van der Waals surface area contributed by atoms with Gasteiger partial charge in [-0.05, 0) is 40.2 Å². The number of hydrogen-bond donors (Lipinski definition) is 2. The highest BCUT2D eigenvalue weighted by Crippen LogP contribution is 2.24. The Labute approximate surface area is 131 Å². The number of anilines is 2. The Kier molecular flexibility index (Phi) is 5.16. The number of hydrogen-bond acceptors (Lipinski definition) is 4. The molecule has 0 amide bonds. The van der Waals surface area contributed by atoms with Crippen molar-refractivity contribution in [2.24, 2.45) is 0 Å². The highest BCUT2D eigenvalue weighted by atomic mass is 79.9. The molecule has 3 N–H and O–H groups in total. The van der Waals surface area contributed by atoms with E-state index in [2.05, 4.69) is 20.9 Å². The van der Waals surface area contributed by atoms with E-state index in [0.717, 1.165) is 15.9 Å². The molecule has 2 aromatic rings. The standard InChI is InChI=1S/C15H16BrN3O2/c16-11-5-6-12(18-9-11)10-19(8-7-15(20)21)14-4-2-1-3-13(14)17/h1-6,9H,7-8,10,17H2,(H,20,21). The molecule has 0 saturated carbocycles. The van der Waals surface area contributed by atoms with Gasteiger partial charge in [0.25, 0.3) is 0 Å². The second kappa shape index (κ2) is 7.08. The Morgan fingerprint density at radius 1 is 1.29 bits per heavy atom. The molecule has 0 radical (unpaired) electrons. The Balaban J connectivity index is 2.21. The molecule has 0 fully saturated rings. The molecular weight excluding hydrogens is 334 g/mol. The van der Waals surface area contributed by atoms with Crippen LogP contribution in [0.5, 0.6) is 0 Å². The SMILES string of the molecule is Nc1ccccc1N(CCC(=O)O)Cc1ccc(Br)cn1. The van der Waals surface area contributed by atoms with Crippen LogP contribution >= 0.6 is 15.9 Å². The highest BCUT2D eigenvalue weighted by molar-refractivity contribution is 9.10. The summed E-state index contributed by atoms with van der Waals surface area (Å²) in [5.74, 6) is -0.835. The first-order valence-corrected chi connectivity index (χ1v) is 7.27. The fraction of sp³-hybridized carbons (Fsp3) is 0.200. The van der Waals surface area contributed by atoms with Gasteiger partial charge in [0.2, 0.25) is 0 Å². The first-order chi connectivity index (χ1) is 10.1. The van der Waals surface area contributed by atoms with E-state index in [4.69, 9.17) is 10.8 Å². The van der Waals surface area contributed by atoms with E-state index < -0.39 is 5.97 Å². The third kappa shape index (κ3) is 4.46. The van der Waals surface area contributed by atoms with Gasteiger partial charge in [0.15, 0.2) is 0 Å². The molecule has 1 aromatic heterocycles. The third-order valence-corrected chi connectivity index (χ3v) is 3.48. The van der Waals surface area contributed by atoms with Gasteiger partial charge in [0, 0.05) is 17.2 Å². The Morgan fingerprint density at radius 2 is 2.05 bits per heavy atom. The zero-order chi connectivity index (χ0) is 15.2. The number of nitrogens with zero attached hydrogens (tertiary/aromatic N) is 2. The van der Waals surface area contributed by atoms with E-state index in [0.29, 0.717) is 18.8 Å². The number of aliphatic carboxylic acids is 1. The van der Waals surface area contributed by atoms with Crippen LogP contribution in [0.4, 0.5) is 11.4 Å². The van der Waals surface area contributed by atoms with Crippen molar-refractivity contribution < 1.29 is 9.90 Å². The molecule has 110 valence electrons. The average molecular weight is 350 g/mol. The van der Waals surface area contributed by atoms with Crippen LogP contribution in [-0.4, -0.2) is 22.6 Å². The van der Waals surface area contributed by atoms with Gasteiger partial charge in [-0.15, -0.1) is 0 Å². The fourth-order valence-electron chi connectivity index (χ4n) is 1.99. The molecule has 0 spiro atoms. The molecule has 0 saturated heterocycles. The van der Waals surface area contributed by atoms with E-state index in [9.17, 15) is 4.79 Å². The van der Waals surface area contributed by atoms with E-state index in [1.165, 1.54) is 0 Å². The zero-order valence-corrected chi connectivity index (χ0v) is 13.0. The molecule has 6 heteroatoms. The number of rotatable bonds is 6. The summed E-state index contributed by atoms with van der Waals surface area (Å²) in [4.78, 5) is 17.1. The zero-order valence-electron chi connectivity index (χ0n) is 11.4. The minimum absolute atomic E-state index is 0.0465. The van der Waals surface area contributed by atoms with Crippen molar-refractivity contribution in [3.8, 4) is 0 Å². The number of nitrogen functional groups attached to an aromatic ring is 1. The molecule has 0 aliphatic heterocycles. The maximum Gasteiger partial charge on any atom is 0.305 e. The monoisotopic (exact) mass is 349 g/mol. The van der Waals surface area contributed by atoms with E-state index in [-0.39, 0.29) is 6.42 Å². The van der Waals surface area contributed by atoms with Crippen LogP contribution in [0.2, 0.25) is 0 Å². The first kappa shape index (κ1) is 15.3. The number of aromatic nitrogens is 1. The first-order valence-electron chi connectivity index (χ1n) is 6.48. The van der Waals surface area contributed by atoms with Crippen molar-refractivity contribution in [3.05, 3.63) is 52.8 Å². The van der Waals surface area contributed by atoms with Crippen LogP contribution in [0.1, 0.15) is 12.1 Å². The van der Waals surface area contributed by atoms with Crippen LogP contribution in [0, 0.1) is 0 Å². The van der Waals surface area contributed by atoms with Crippen molar-refractivity contribution >= 4 is 33.3 Å². The van der Waals surface area contributed by atoms with Crippen LogP contribution in [-0.2, 0) is 11.3 Å². The van der Waals surface area contributed by atoms with Gasteiger partial charge in [-0.3, -0.25) is 9.78 Å². The van der Waals surface area contributed by atoms with E-state index in [1.54, 1.807) is 12.3 Å². The summed E-state index contributed by atoms with van der Waals surface area (Å²) in [6.45, 7) is 0.885. The summed E-state index contributed by atoms with van der Waals surface area (Å²) in [5, 5.41) is 8.90. The lowest BCUT2D eigenvalue weighted by Crippen LogP contribution is -2.26. The lowest BCUT2D eigenvalue weighted by atomic mass is 10.2. The minimum atomic E-state index is -0.835. The largest absolute Gasteiger partial charge is 0.481 e. The Hall–Kier alpha value is -2.08. The van der Waals surface area contributed by atoms with Gasteiger partial charge in [0.05, 0.1) is 30.0 Å². The summed E-state index contributed by atoms with van der Waals surface area (Å²) >= 11 is 3.34. The maximum absolute atomic E-state index is 10.8. The van der Waals surface area contributed by atoms with Gasteiger partial charge in [0.1, 0.15) is 0 Å². The maximum atomic E-state index is 10.8. The van der Waals surface area contributed by atoms with Crippen molar-refractivity contribution in [1.82, 2.24) is 4.98 Å². The lowest BCUT2D eigenvalue weighted by Gasteiger charge is -2.25. The summed E-state index contributed by atoms with van der Waals surface area (Å²) in [6.07, 6.45) is 1.77. The summed E-state index contributed by atoms with van der Waals surface area (Å²) in [7, 11) is 0. The lowest BCUT2D eigenvalue weighted by molar-refractivity contribution is -0.136.